The number of benzene rings is 1. The van der Waals surface area contributed by atoms with Crippen molar-refractivity contribution in [2.45, 2.75) is 31.1 Å². The number of amidine groups is 1. The number of nitrogens with one attached hydrogen (secondary N) is 2. The van der Waals surface area contributed by atoms with E-state index in [2.05, 4.69) is 26.1 Å². The van der Waals surface area contributed by atoms with Crippen molar-refractivity contribution < 1.29 is 13.2 Å². The number of hydrogen-bond acceptors (Lipinski definition) is 5. The summed E-state index contributed by atoms with van der Waals surface area (Å²) in [5, 5.41) is 2.93. The molecule has 0 bridgehead atoms. The van der Waals surface area contributed by atoms with Gasteiger partial charge in [0.15, 0.2) is 0 Å². The fourth-order valence-corrected chi connectivity index (χ4v) is 4.80. The van der Waals surface area contributed by atoms with Crippen LogP contribution in [-0.4, -0.2) is 38.2 Å². The summed E-state index contributed by atoms with van der Waals surface area (Å²) in [5.41, 5.74) is 3.94. The van der Waals surface area contributed by atoms with E-state index in [1.807, 2.05) is 19.1 Å². The van der Waals surface area contributed by atoms with Gasteiger partial charge in [-0.3, -0.25) is 19.5 Å². The summed E-state index contributed by atoms with van der Waals surface area (Å²) in [5.74, 6) is 0.230. The first-order valence-electron chi connectivity index (χ1n) is 9.57. The molecule has 150 valence electrons. The quantitative estimate of drug-likeness (QED) is 0.738. The molecule has 0 radical (unpaired) electrons. The Hall–Kier alpha value is -3.00. The number of rotatable bonds is 5. The zero-order chi connectivity index (χ0) is 20.4. The van der Waals surface area contributed by atoms with Crippen molar-refractivity contribution in [1.82, 2.24) is 15.0 Å². The van der Waals surface area contributed by atoms with Crippen molar-refractivity contribution in [2.24, 2.45) is 4.99 Å². The summed E-state index contributed by atoms with van der Waals surface area (Å²) in [7, 11) is -3.52. The summed E-state index contributed by atoms with van der Waals surface area (Å²) in [6.45, 7) is 2.75. The van der Waals surface area contributed by atoms with Gasteiger partial charge < -0.3 is 5.32 Å². The molecule has 29 heavy (non-hydrogen) atoms. The lowest BCUT2D eigenvalue weighted by Gasteiger charge is -2.15. The average molecular weight is 410 g/mol. The Labute approximate surface area is 170 Å². The summed E-state index contributed by atoms with van der Waals surface area (Å²) < 4.78 is 26.6. The Bertz CT molecular complexity index is 1140. The second-order valence-electron chi connectivity index (χ2n) is 7.05. The van der Waals surface area contributed by atoms with Gasteiger partial charge in [0.25, 0.3) is 15.9 Å². The maximum absolute atomic E-state index is 12.6. The Morgan fingerprint density at radius 2 is 2.14 bits per heavy atom. The number of sulfonamides is 1. The Balaban J connectivity index is 1.37. The molecule has 0 saturated carbocycles. The fourth-order valence-electron chi connectivity index (χ4n) is 3.55. The van der Waals surface area contributed by atoms with E-state index < -0.39 is 10.0 Å². The van der Waals surface area contributed by atoms with E-state index in [1.54, 1.807) is 24.3 Å². The van der Waals surface area contributed by atoms with Gasteiger partial charge in [0.1, 0.15) is 5.84 Å². The van der Waals surface area contributed by atoms with Crippen molar-refractivity contribution >= 4 is 27.8 Å². The zero-order valence-electron chi connectivity index (χ0n) is 16.1. The molecule has 1 aromatic heterocycles. The number of pyridine rings is 1. The molecule has 8 heteroatoms. The van der Waals surface area contributed by atoms with E-state index in [0.29, 0.717) is 36.5 Å². The van der Waals surface area contributed by atoms with Crippen LogP contribution in [0.5, 0.6) is 0 Å². The Morgan fingerprint density at radius 1 is 1.31 bits per heavy atom. The van der Waals surface area contributed by atoms with Gasteiger partial charge in [-0.05, 0) is 44.4 Å². The molecule has 1 aliphatic heterocycles. The molecular formula is C21H22N4O3S. The third-order valence-electron chi connectivity index (χ3n) is 4.90. The SMILES string of the molecule is Cc1cc(C(=O)NCCCN=C2NS(=O)(=O)c3ccccc32)c2c(n1)CCC=C2. The van der Waals surface area contributed by atoms with Gasteiger partial charge in [-0.2, -0.15) is 0 Å². The maximum atomic E-state index is 12.6. The molecule has 1 amide bonds. The van der Waals surface area contributed by atoms with Crippen LogP contribution < -0.4 is 10.0 Å². The van der Waals surface area contributed by atoms with E-state index in [1.165, 1.54) is 0 Å². The minimum Gasteiger partial charge on any atom is -0.352 e. The van der Waals surface area contributed by atoms with E-state index in [0.717, 1.165) is 29.8 Å². The average Bonchev–Trinajstić information content (AvgIpc) is 2.97. The van der Waals surface area contributed by atoms with Crippen molar-refractivity contribution in [3.05, 3.63) is 64.5 Å². The van der Waals surface area contributed by atoms with Gasteiger partial charge in [0, 0.05) is 35.6 Å². The van der Waals surface area contributed by atoms with Gasteiger partial charge in [0.05, 0.1) is 10.5 Å². The minimum absolute atomic E-state index is 0.127. The predicted molar refractivity (Wildman–Crippen MR) is 111 cm³/mol. The van der Waals surface area contributed by atoms with Gasteiger partial charge in [-0.25, -0.2) is 8.42 Å². The molecule has 0 saturated heterocycles. The highest BCUT2D eigenvalue weighted by Gasteiger charge is 2.29. The lowest BCUT2D eigenvalue weighted by molar-refractivity contribution is 0.0953. The lowest BCUT2D eigenvalue weighted by atomic mass is 9.97. The summed E-state index contributed by atoms with van der Waals surface area (Å²) in [6.07, 6.45) is 6.42. The third kappa shape index (κ3) is 3.93. The standard InChI is InChI=1S/C21H22N4O3S/c1-14-13-17(15-7-2-4-9-18(15)24-14)21(26)23-12-6-11-22-20-16-8-3-5-10-19(16)29(27,28)25-20/h2-3,5,7-8,10,13H,4,6,9,11-12H2,1H3,(H,22,25)(H,23,26). The molecule has 0 spiro atoms. The Morgan fingerprint density at radius 3 is 3.00 bits per heavy atom. The predicted octanol–water partition coefficient (Wildman–Crippen LogP) is 2.21. The molecule has 0 unspecified atom stereocenters. The number of carbonyl (C=O) groups excluding carboxylic acids is 1. The van der Waals surface area contributed by atoms with E-state index >= 15 is 0 Å². The van der Waals surface area contributed by atoms with Crippen LogP contribution >= 0.6 is 0 Å². The molecule has 1 aromatic carbocycles. The van der Waals surface area contributed by atoms with E-state index in [4.69, 9.17) is 0 Å². The Kier molecular flexibility index (Phi) is 5.19. The lowest BCUT2D eigenvalue weighted by Crippen LogP contribution is -2.27. The van der Waals surface area contributed by atoms with Crippen molar-refractivity contribution in [2.75, 3.05) is 13.1 Å². The number of aromatic nitrogens is 1. The third-order valence-corrected chi connectivity index (χ3v) is 6.29. The number of aliphatic imine (C=N–C) groups is 1. The fraction of sp³-hybridized carbons (Fsp3) is 0.286. The van der Waals surface area contributed by atoms with Crippen LogP contribution in [0.25, 0.3) is 6.08 Å². The molecular weight excluding hydrogens is 388 g/mol. The summed E-state index contributed by atoms with van der Waals surface area (Å²) in [6, 6.07) is 8.57. The van der Waals surface area contributed by atoms with Crippen LogP contribution in [0.1, 0.15) is 45.7 Å². The van der Waals surface area contributed by atoms with Crippen molar-refractivity contribution in [1.29, 1.82) is 0 Å². The normalized spacial score (nSPS) is 17.5. The second kappa shape index (κ2) is 7.79. The number of allylic oxidation sites excluding steroid dienone is 1. The molecule has 2 N–H and O–H groups in total. The highest BCUT2D eigenvalue weighted by atomic mass is 32.2. The minimum atomic E-state index is -3.52. The second-order valence-corrected chi connectivity index (χ2v) is 8.70. The smallest absolute Gasteiger partial charge is 0.263 e. The zero-order valence-corrected chi connectivity index (χ0v) is 16.9. The topological polar surface area (TPSA) is 101 Å². The van der Waals surface area contributed by atoms with Crippen molar-refractivity contribution in [3.63, 3.8) is 0 Å². The molecule has 4 rings (SSSR count). The van der Waals surface area contributed by atoms with Crippen LogP contribution in [0.15, 0.2) is 46.3 Å². The van der Waals surface area contributed by atoms with Gasteiger partial charge >= 0.3 is 0 Å². The molecule has 2 aromatic rings. The van der Waals surface area contributed by atoms with E-state index in [-0.39, 0.29) is 10.8 Å². The van der Waals surface area contributed by atoms with Gasteiger partial charge in [-0.15, -0.1) is 0 Å². The molecule has 2 heterocycles. The molecule has 0 atom stereocenters. The number of fused-ring (bicyclic) bond motifs is 2. The van der Waals surface area contributed by atoms with Crippen LogP contribution in [-0.2, 0) is 16.4 Å². The van der Waals surface area contributed by atoms with Crippen molar-refractivity contribution in [3.8, 4) is 0 Å². The number of nitrogens with zero attached hydrogens (tertiary/aromatic N) is 2. The first kappa shape index (κ1) is 19.3. The number of hydrogen-bond donors (Lipinski definition) is 2. The molecule has 1 aliphatic carbocycles. The number of carbonyl (C=O) groups is 1. The first-order chi connectivity index (χ1) is 14.0. The maximum Gasteiger partial charge on any atom is 0.263 e. The van der Waals surface area contributed by atoms with Crippen LogP contribution in [0.4, 0.5) is 0 Å². The molecule has 0 fully saturated rings. The highest BCUT2D eigenvalue weighted by Crippen LogP contribution is 2.23. The summed E-state index contributed by atoms with van der Waals surface area (Å²) >= 11 is 0. The van der Waals surface area contributed by atoms with Gasteiger partial charge in [0.2, 0.25) is 0 Å². The largest absolute Gasteiger partial charge is 0.352 e. The van der Waals surface area contributed by atoms with Crippen LogP contribution in [0.2, 0.25) is 0 Å². The van der Waals surface area contributed by atoms with E-state index in [9.17, 15) is 13.2 Å². The number of amides is 1. The molecule has 2 aliphatic rings. The van der Waals surface area contributed by atoms with Gasteiger partial charge in [-0.1, -0.05) is 24.3 Å². The molecule has 7 nitrogen and oxygen atoms in total. The first-order valence-corrected chi connectivity index (χ1v) is 11.1. The number of aryl methyl sites for hydroxylation is 2. The summed E-state index contributed by atoms with van der Waals surface area (Å²) in [4.78, 5) is 21.8. The monoisotopic (exact) mass is 410 g/mol. The highest BCUT2D eigenvalue weighted by molar-refractivity contribution is 7.90. The van der Waals surface area contributed by atoms with Crippen LogP contribution in [0, 0.1) is 6.92 Å². The van der Waals surface area contributed by atoms with Crippen LogP contribution in [0.3, 0.4) is 0 Å².